The first kappa shape index (κ1) is 20.7. The number of halogens is 2. The Morgan fingerprint density at radius 3 is 2.47 bits per heavy atom. The van der Waals surface area contributed by atoms with Gasteiger partial charge in [0.2, 0.25) is 0 Å². The molecule has 0 saturated carbocycles. The highest BCUT2D eigenvalue weighted by molar-refractivity contribution is 6.36. The molecule has 0 radical (unpaired) electrons. The average molecular weight is 444 g/mol. The van der Waals surface area contributed by atoms with Crippen LogP contribution in [0.25, 0.3) is 22.3 Å². The number of rotatable bonds is 4. The molecule has 1 aliphatic rings. The van der Waals surface area contributed by atoms with Gasteiger partial charge in [-0.3, -0.25) is 0 Å². The second kappa shape index (κ2) is 9.06. The van der Waals surface area contributed by atoms with Gasteiger partial charge < -0.3 is 15.1 Å². The second-order valence-electron chi connectivity index (χ2n) is 7.19. The van der Waals surface area contributed by atoms with Gasteiger partial charge in [-0.1, -0.05) is 48.3 Å². The zero-order chi connectivity index (χ0) is 21.1. The number of hydrogen-bond donors (Lipinski definition) is 1. The summed E-state index contributed by atoms with van der Waals surface area (Å²) in [7, 11) is 0. The van der Waals surface area contributed by atoms with E-state index in [9.17, 15) is 4.79 Å². The first-order chi connectivity index (χ1) is 14.6. The van der Waals surface area contributed by atoms with Crippen molar-refractivity contribution in [2.75, 3.05) is 37.6 Å². The van der Waals surface area contributed by atoms with Crippen LogP contribution in [-0.4, -0.2) is 53.6 Å². The highest BCUT2D eigenvalue weighted by Gasteiger charge is 2.25. The van der Waals surface area contributed by atoms with E-state index in [1.54, 1.807) is 0 Å². The molecule has 4 rings (SSSR count). The van der Waals surface area contributed by atoms with Crippen LogP contribution in [0.1, 0.15) is 13.3 Å². The third-order valence-electron chi connectivity index (χ3n) is 5.16. The molecule has 1 fully saturated rings. The fourth-order valence-electron chi connectivity index (χ4n) is 3.58. The highest BCUT2D eigenvalue weighted by atomic mass is 35.5. The summed E-state index contributed by atoms with van der Waals surface area (Å²) in [5, 5.41) is 4.96. The summed E-state index contributed by atoms with van der Waals surface area (Å²) < 4.78 is 0. The van der Waals surface area contributed by atoms with E-state index >= 15 is 0 Å². The van der Waals surface area contributed by atoms with Crippen LogP contribution >= 0.6 is 23.2 Å². The maximum atomic E-state index is 12.3. The van der Waals surface area contributed by atoms with Crippen LogP contribution in [0.5, 0.6) is 0 Å². The molecule has 3 aromatic rings. The normalized spacial score (nSPS) is 14.2. The van der Waals surface area contributed by atoms with Crippen molar-refractivity contribution in [3.8, 4) is 11.4 Å². The Balaban J connectivity index is 1.68. The number of benzene rings is 2. The number of fused-ring (bicyclic) bond motifs is 1. The molecule has 1 saturated heterocycles. The van der Waals surface area contributed by atoms with E-state index in [4.69, 9.17) is 33.2 Å². The summed E-state index contributed by atoms with van der Waals surface area (Å²) in [6.45, 7) is 5.29. The summed E-state index contributed by atoms with van der Waals surface area (Å²) in [4.78, 5) is 25.9. The monoisotopic (exact) mass is 443 g/mol. The van der Waals surface area contributed by atoms with Crippen LogP contribution in [0.3, 0.4) is 0 Å². The molecule has 2 amide bonds. The van der Waals surface area contributed by atoms with Gasteiger partial charge >= 0.3 is 6.03 Å². The predicted molar refractivity (Wildman–Crippen MR) is 122 cm³/mol. The number of nitrogens with zero attached hydrogens (tertiary/aromatic N) is 4. The third-order valence-corrected chi connectivity index (χ3v) is 5.81. The van der Waals surface area contributed by atoms with E-state index in [2.05, 4.69) is 10.2 Å². The lowest BCUT2D eigenvalue weighted by atomic mass is 10.1. The second-order valence-corrected chi connectivity index (χ2v) is 8.01. The molecule has 6 nitrogen and oxygen atoms in total. The van der Waals surface area contributed by atoms with Gasteiger partial charge in [0.05, 0.1) is 20.9 Å². The van der Waals surface area contributed by atoms with E-state index in [-0.39, 0.29) is 6.03 Å². The lowest BCUT2D eigenvalue weighted by Gasteiger charge is -2.36. The van der Waals surface area contributed by atoms with Crippen molar-refractivity contribution >= 4 is 46.0 Å². The quantitative estimate of drug-likeness (QED) is 0.625. The molecule has 1 N–H and O–H groups in total. The Bertz CT molecular complexity index is 1070. The van der Waals surface area contributed by atoms with Crippen LogP contribution in [0.4, 0.5) is 10.6 Å². The van der Waals surface area contributed by atoms with Crippen LogP contribution in [0.15, 0.2) is 42.5 Å². The molecule has 2 aromatic carbocycles. The highest BCUT2D eigenvalue weighted by Crippen LogP contribution is 2.34. The van der Waals surface area contributed by atoms with Crippen LogP contribution in [0.2, 0.25) is 10.0 Å². The number of piperazine rings is 1. The van der Waals surface area contributed by atoms with Crippen molar-refractivity contribution in [3.63, 3.8) is 0 Å². The lowest BCUT2D eigenvalue weighted by molar-refractivity contribution is 0.194. The number of aromatic nitrogens is 2. The molecule has 0 bridgehead atoms. The molecule has 1 aromatic heterocycles. The van der Waals surface area contributed by atoms with Gasteiger partial charge in [0.1, 0.15) is 5.82 Å². The fourth-order valence-corrected chi connectivity index (χ4v) is 4.05. The first-order valence-electron chi connectivity index (χ1n) is 10.1. The summed E-state index contributed by atoms with van der Waals surface area (Å²) in [5.41, 5.74) is 1.55. The van der Waals surface area contributed by atoms with Crippen LogP contribution < -0.4 is 10.2 Å². The molecule has 30 heavy (non-hydrogen) atoms. The van der Waals surface area contributed by atoms with Gasteiger partial charge in [-0.15, -0.1) is 0 Å². The van der Waals surface area contributed by atoms with Gasteiger partial charge in [0, 0.05) is 38.3 Å². The number of urea groups is 1. The first-order valence-corrected chi connectivity index (χ1v) is 10.8. The smallest absolute Gasteiger partial charge is 0.317 e. The summed E-state index contributed by atoms with van der Waals surface area (Å²) in [6.07, 6.45) is 0.919. The number of hydrogen-bond acceptors (Lipinski definition) is 4. The largest absolute Gasteiger partial charge is 0.352 e. The van der Waals surface area contributed by atoms with Crippen molar-refractivity contribution in [3.05, 3.63) is 52.5 Å². The minimum absolute atomic E-state index is 0.0150. The molecule has 0 spiro atoms. The molecule has 0 aliphatic carbocycles. The number of carbonyl (C=O) groups excluding carboxylic acids is 1. The zero-order valence-corrected chi connectivity index (χ0v) is 18.2. The lowest BCUT2D eigenvalue weighted by Crippen LogP contribution is -2.52. The molecule has 156 valence electrons. The number of amides is 2. The van der Waals surface area contributed by atoms with Crippen molar-refractivity contribution in [2.45, 2.75) is 13.3 Å². The van der Waals surface area contributed by atoms with Gasteiger partial charge in [0.25, 0.3) is 0 Å². The predicted octanol–water partition coefficient (Wildman–Crippen LogP) is 4.85. The van der Waals surface area contributed by atoms with E-state index in [0.717, 1.165) is 28.7 Å². The fraction of sp³-hybridized carbons (Fsp3) is 0.318. The van der Waals surface area contributed by atoms with Crippen LogP contribution in [0, 0.1) is 0 Å². The number of nitrogens with one attached hydrogen (secondary N) is 1. The molecular weight excluding hydrogens is 421 g/mol. The minimum atomic E-state index is -0.0150. The molecule has 0 atom stereocenters. The molecule has 0 unspecified atom stereocenters. The van der Waals surface area contributed by atoms with E-state index in [1.165, 1.54) is 0 Å². The number of anilines is 1. The summed E-state index contributed by atoms with van der Waals surface area (Å²) >= 11 is 12.9. The Hall–Kier alpha value is -2.57. The topological polar surface area (TPSA) is 61.4 Å². The Morgan fingerprint density at radius 2 is 1.73 bits per heavy atom. The van der Waals surface area contributed by atoms with Crippen molar-refractivity contribution in [2.24, 2.45) is 0 Å². The van der Waals surface area contributed by atoms with Gasteiger partial charge in [-0.05, 0) is 30.7 Å². The molecule has 1 aliphatic heterocycles. The molecule has 2 heterocycles. The Kier molecular flexibility index (Phi) is 6.25. The van der Waals surface area contributed by atoms with Crippen molar-refractivity contribution in [1.82, 2.24) is 20.2 Å². The molecule has 8 heteroatoms. The van der Waals surface area contributed by atoms with Crippen molar-refractivity contribution in [1.29, 1.82) is 0 Å². The Morgan fingerprint density at radius 1 is 1.00 bits per heavy atom. The van der Waals surface area contributed by atoms with E-state index in [1.807, 2.05) is 54.3 Å². The van der Waals surface area contributed by atoms with Gasteiger partial charge in [-0.2, -0.15) is 0 Å². The average Bonchev–Trinajstić information content (AvgIpc) is 2.77. The maximum Gasteiger partial charge on any atom is 0.317 e. The Labute approximate surface area is 185 Å². The van der Waals surface area contributed by atoms with E-state index < -0.39 is 0 Å². The van der Waals surface area contributed by atoms with Gasteiger partial charge in [0.15, 0.2) is 5.82 Å². The van der Waals surface area contributed by atoms with Crippen LogP contribution in [-0.2, 0) is 0 Å². The maximum absolute atomic E-state index is 12.3. The van der Waals surface area contributed by atoms with E-state index in [0.29, 0.717) is 48.6 Å². The molecular formula is C22H23Cl2N5O. The zero-order valence-electron chi connectivity index (χ0n) is 16.7. The SMILES string of the molecule is CCCNC(=O)N1CCN(c2nc(-c3ccccc3Cl)nc3cccc(Cl)c23)CC1. The summed E-state index contributed by atoms with van der Waals surface area (Å²) in [5.74, 6) is 1.34. The van der Waals surface area contributed by atoms with Gasteiger partial charge in [-0.25, -0.2) is 14.8 Å². The number of carbonyl (C=O) groups is 1. The minimum Gasteiger partial charge on any atom is -0.352 e. The summed E-state index contributed by atoms with van der Waals surface area (Å²) in [6, 6.07) is 13.2. The third kappa shape index (κ3) is 4.16. The van der Waals surface area contributed by atoms with Crippen molar-refractivity contribution < 1.29 is 4.79 Å². The standard InChI is InChI=1S/C22H23Cl2N5O/c1-2-10-25-22(30)29-13-11-28(12-14-29)21-19-17(24)8-5-9-18(19)26-20(27-21)15-6-3-4-7-16(15)23/h3-9H,2,10-14H2,1H3,(H,25,30).